The van der Waals surface area contributed by atoms with E-state index in [1.54, 1.807) is 13.2 Å². The number of aromatic amines is 1. The van der Waals surface area contributed by atoms with Crippen LogP contribution in [0.1, 0.15) is 19.3 Å². The van der Waals surface area contributed by atoms with Crippen molar-refractivity contribution in [2.24, 2.45) is 0 Å². The molecule has 3 aromatic rings. The van der Waals surface area contributed by atoms with Gasteiger partial charge in [0, 0.05) is 31.4 Å². The number of H-pyrrole nitrogens is 1. The second-order valence-corrected chi connectivity index (χ2v) is 5.82. The Balaban J connectivity index is 1.64. The summed E-state index contributed by atoms with van der Waals surface area (Å²) in [5.41, 5.74) is 2.98. The largest absolute Gasteiger partial charge is 0.385 e. The highest BCUT2D eigenvalue weighted by Crippen LogP contribution is 2.22. The lowest BCUT2D eigenvalue weighted by atomic mass is 10.2. The number of aromatic nitrogens is 2. The predicted octanol–water partition coefficient (Wildman–Crippen LogP) is 4.12. The molecule has 0 radical (unpaired) electrons. The zero-order valence-electron chi connectivity index (χ0n) is 14.0. The van der Waals surface area contributed by atoms with Gasteiger partial charge in [0.1, 0.15) is 11.6 Å². The van der Waals surface area contributed by atoms with Crippen LogP contribution >= 0.6 is 0 Å². The lowest BCUT2D eigenvalue weighted by molar-refractivity contribution is -0.116. The number of halogens is 1. The fourth-order valence-electron chi connectivity index (χ4n) is 2.59. The topological polar surface area (TPSA) is 67.0 Å². The highest BCUT2D eigenvalue weighted by Gasteiger charge is 2.07. The minimum Gasteiger partial charge on any atom is -0.385 e. The van der Waals surface area contributed by atoms with Gasteiger partial charge in [-0.1, -0.05) is 0 Å². The van der Waals surface area contributed by atoms with Gasteiger partial charge in [0.05, 0.1) is 11.0 Å². The molecule has 0 unspecified atom stereocenters. The third-order valence-electron chi connectivity index (χ3n) is 3.89. The molecule has 25 heavy (non-hydrogen) atoms. The van der Waals surface area contributed by atoms with E-state index in [0.29, 0.717) is 29.9 Å². The molecule has 0 bridgehead atoms. The molecule has 0 saturated heterocycles. The van der Waals surface area contributed by atoms with Gasteiger partial charge in [0.25, 0.3) is 0 Å². The fourth-order valence-corrected chi connectivity index (χ4v) is 2.59. The van der Waals surface area contributed by atoms with Crippen LogP contribution < -0.4 is 5.32 Å². The van der Waals surface area contributed by atoms with Gasteiger partial charge in [0.2, 0.25) is 5.91 Å². The first-order chi connectivity index (χ1) is 12.2. The van der Waals surface area contributed by atoms with Gasteiger partial charge in [-0.05, 0) is 55.3 Å². The number of nitrogens with zero attached hydrogens (tertiary/aromatic N) is 1. The van der Waals surface area contributed by atoms with Crippen LogP contribution in [0.3, 0.4) is 0 Å². The molecular formula is C19H20FN3O2. The number of rotatable bonds is 7. The number of amides is 1. The summed E-state index contributed by atoms with van der Waals surface area (Å²) in [6.45, 7) is 0.670. The van der Waals surface area contributed by atoms with Gasteiger partial charge in [-0.2, -0.15) is 0 Å². The molecule has 0 atom stereocenters. The highest BCUT2D eigenvalue weighted by molar-refractivity contribution is 5.91. The molecule has 2 aromatic carbocycles. The number of carbonyl (C=O) groups excluding carboxylic acids is 1. The molecule has 2 N–H and O–H groups in total. The van der Waals surface area contributed by atoms with Crippen LogP contribution in [0.2, 0.25) is 0 Å². The predicted molar refractivity (Wildman–Crippen MR) is 95.8 cm³/mol. The highest BCUT2D eigenvalue weighted by atomic mass is 19.1. The molecule has 3 rings (SSSR count). The minimum absolute atomic E-state index is 0.0111. The monoisotopic (exact) mass is 341 g/mol. The number of ether oxygens (including phenoxy) is 1. The summed E-state index contributed by atoms with van der Waals surface area (Å²) in [6, 6.07) is 11.8. The smallest absolute Gasteiger partial charge is 0.224 e. The Morgan fingerprint density at radius 1 is 1.20 bits per heavy atom. The number of hydrogen-bond donors (Lipinski definition) is 2. The maximum Gasteiger partial charge on any atom is 0.224 e. The van der Waals surface area contributed by atoms with Gasteiger partial charge >= 0.3 is 0 Å². The lowest BCUT2D eigenvalue weighted by Crippen LogP contribution is -2.11. The Kier molecular flexibility index (Phi) is 5.40. The number of hydrogen-bond acceptors (Lipinski definition) is 3. The molecule has 130 valence electrons. The molecule has 0 spiro atoms. The van der Waals surface area contributed by atoms with E-state index < -0.39 is 0 Å². The third kappa shape index (κ3) is 4.42. The molecule has 0 aliphatic heterocycles. The van der Waals surface area contributed by atoms with Gasteiger partial charge < -0.3 is 15.0 Å². The van der Waals surface area contributed by atoms with Crippen LogP contribution in [0.15, 0.2) is 42.5 Å². The van der Waals surface area contributed by atoms with E-state index in [2.05, 4.69) is 15.3 Å². The molecule has 0 fully saturated rings. The second kappa shape index (κ2) is 7.90. The Morgan fingerprint density at radius 2 is 2.00 bits per heavy atom. The second-order valence-electron chi connectivity index (χ2n) is 5.82. The Morgan fingerprint density at radius 3 is 2.76 bits per heavy atom. The van der Waals surface area contributed by atoms with Crippen molar-refractivity contribution >= 4 is 22.6 Å². The van der Waals surface area contributed by atoms with Crippen molar-refractivity contribution in [1.29, 1.82) is 0 Å². The first kappa shape index (κ1) is 17.1. The zero-order valence-corrected chi connectivity index (χ0v) is 14.0. The summed E-state index contributed by atoms with van der Waals surface area (Å²) >= 11 is 0. The van der Waals surface area contributed by atoms with Crippen LogP contribution in [-0.4, -0.2) is 29.6 Å². The van der Waals surface area contributed by atoms with E-state index in [-0.39, 0.29) is 11.7 Å². The summed E-state index contributed by atoms with van der Waals surface area (Å²) < 4.78 is 18.2. The van der Waals surface area contributed by atoms with Crippen molar-refractivity contribution in [3.8, 4) is 11.4 Å². The van der Waals surface area contributed by atoms with Gasteiger partial charge in [0.15, 0.2) is 0 Å². The van der Waals surface area contributed by atoms with Gasteiger partial charge in [-0.3, -0.25) is 4.79 Å². The molecule has 1 amide bonds. The number of unbranched alkanes of at least 4 members (excludes halogenated alkanes) is 1. The number of imidazole rings is 1. The molecule has 1 heterocycles. The summed E-state index contributed by atoms with van der Waals surface area (Å²) in [5.74, 6) is 0.354. The summed E-state index contributed by atoms with van der Waals surface area (Å²) in [4.78, 5) is 19.4. The van der Waals surface area contributed by atoms with Crippen LogP contribution in [-0.2, 0) is 9.53 Å². The molecule has 0 aliphatic rings. The van der Waals surface area contributed by atoms with E-state index in [9.17, 15) is 9.18 Å². The van der Waals surface area contributed by atoms with E-state index in [4.69, 9.17) is 4.74 Å². The zero-order chi connectivity index (χ0) is 17.6. The molecule has 6 heteroatoms. The van der Waals surface area contributed by atoms with Crippen molar-refractivity contribution in [1.82, 2.24) is 9.97 Å². The van der Waals surface area contributed by atoms with Crippen LogP contribution in [0, 0.1) is 5.82 Å². The summed E-state index contributed by atoms with van der Waals surface area (Å²) in [5, 5.41) is 2.87. The first-order valence-corrected chi connectivity index (χ1v) is 8.20. The number of anilines is 1. The normalized spacial score (nSPS) is 11.0. The molecule has 5 nitrogen and oxygen atoms in total. The Hall–Kier alpha value is -2.73. The Bertz CT molecular complexity index is 859. The number of benzene rings is 2. The van der Waals surface area contributed by atoms with Crippen molar-refractivity contribution < 1.29 is 13.9 Å². The van der Waals surface area contributed by atoms with Crippen molar-refractivity contribution in [2.45, 2.75) is 19.3 Å². The molecular weight excluding hydrogens is 321 g/mol. The maximum atomic E-state index is 13.3. The standard InChI is InChI=1S/C19H20FN3O2/c1-25-11-3-2-4-18(24)21-15-8-5-13(6-9-15)19-22-16-10-7-14(20)12-17(16)23-19/h5-10,12H,2-4,11H2,1H3,(H,21,24)(H,22,23). The average molecular weight is 341 g/mol. The first-order valence-electron chi connectivity index (χ1n) is 8.20. The van der Waals surface area contributed by atoms with Gasteiger partial charge in [-0.15, -0.1) is 0 Å². The van der Waals surface area contributed by atoms with Gasteiger partial charge in [-0.25, -0.2) is 9.37 Å². The molecule has 0 saturated carbocycles. The fraction of sp³-hybridized carbons (Fsp3) is 0.263. The molecule has 1 aromatic heterocycles. The number of nitrogens with one attached hydrogen (secondary N) is 2. The maximum absolute atomic E-state index is 13.3. The third-order valence-corrected chi connectivity index (χ3v) is 3.89. The van der Waals surface area contributed by atoms with E-state index in [1.807, 2.05) is 24.3 Å². The lowest BCUT2D eigenvalue weighted by Gasteiger charge is -2.06. The van der Waals surface area contributed by atoms with Crippen LogP contribution in [0.25, 0.3) is 22.4 Å². The Labute approximate surface area is 145 Å². The number of fused-ring (bicyclic) bond motifs is 1. The van der Waals surface area contributed by atoms with E-state index in [0.717, 1.165) is 24.1 Å². The van der Waals surface area contributed by atoms with Crippen molar-refractivity contribution in [3.63, 3.8) is 0 Å². The quantitative estimate of drug-likeness (QED) is 0.635. The summed E-state index contributed by atoms with van der Waals surface area (Å²) in [6.07, 6.45) is 2.14. The minimum atomic E-state index is -0.300. The van der Waals surface area contributed by atoms with Crippen LogP contribution in [0.4, 0.5) is 10.1 Å². The average Bonchev–Trinajstić information content (AvgIpc) is 3.02. The summed E-state index contributed by atoms with van der Waals surface area (Å²) in [7, 11) is 1.65. The van der Waals surface area contributed by atoms with Crippen molar-refractivity contribution in [2.75, 3.05) is 19.0 Å². The number of methoxy groups -OCH3 is 1. The SMILES string of the molecule is COCCCCC(=O)Nc1ccc(-c2nc3ccc(F)cc3[nH]2)cc1. The van der Waals surface area contributed by atoms with Crippen molar-refractivity contribution in [3.05, 3.63) is 48.3 Å². The van der Waals surface area contributed by atoms with E-state index in [1.165, 1.54) is 12.1 Å². The van der Waals surface area contributed by atoms with E-state index >= 15 is 0 Å². The molecule has 0 aliphatic carbocycles. The van der Waals surface area contributed by atoms with Crippen LogP contribution in [0.5, 0.6) is 0 Å². The number of carbonyl (C=O) groups is 1.